The molecule has 34 heavy (non-hydrogen) atoms. The molecule has 0 spiro atoms. The van der Waals surface area contributed by atoms with Crippen molar-refractivity contribution in [1.82, 2.24) is 24.6 Å². The Labute approximate surface area is 203 Å². The molecule has 0 bridgehead atoms. The molecule has 4 heterocycles. The lowest BCUT2D eigenvalue weighted by Crippen LogP contribution is -2.42. The van der Waals surface area contributed by atoms with Crippen molar-refractivity contribution in [3.63, 3.8) is 0 Å². The Morgan fingerprint density at radius 1 is 1.06 bits per heavy atom. The summed E-state index contributed by atoms with van der Waals surface area (Å²) in [6, 6.07) is 10.1. The first-order chi connectivity index (χ1) is 16.5. The van der Waals surface area contributed by atoms with Gasteiger partial charge in [0.25, 0.3) is 5.91 Å². The van der Waals surface area contributed by atoms with Crippen LogP contribution in [0.3, 0.4) is 0 Å². The third-order valence-electron chi connectivity index (χ3n) is 6.47. The first-order valence-corrected chi connectivity index (χ1v) is 12.5. The first-order valence-electron chi connectivity index (χ1n) is 11.7. The van der Waals surface area contributed by atoms with Gasteiger partial charge in [-0.1, -0.05) is 30.3 Å². The number of amides is 2. The van der Waals surface area contributed by atoms with E-state index in [1.54, 1.807) is 11.3 Å². The molecule has 0 atom stereocenters. The molecule has 9 heteroatoms. The predicted octanol–water partition coefficient (Wildman–Crippen LogP) is 2.60. The van der Waals surface area contributed by atoms with Crippen molar-refractivity contribution in [3.05, 3.63) is 68.4 Å². The van der Waals surface area contributed by atoms with Crippen LogP contribution in [0.5, 0.6) is 0 Å². The van der Waals surface area contributed by atoms with Gasteiger partial charge in [0.05, 0.1) is 36.9 Å². The molecule has 2 aromatic heterocycles. The zero-order valence-electron chi connectivity index (χ0n) is 19.6. The number of benzene rings is 1. The fraction of sp³-hybridized carbons (Fsp3) is 0.440. The maximum absolute atomic E-state index is 13.4. The second-order valence-corrected chi connectivity index (χ2v) is 10.1. The van der Waals surface area contributed by atoms with Crippen LogP contribution in [0.1, 0.15) is 42.9 Å². The van der Waals surface area contributed by atoms with Gasteiger partial charge in [-0.2, -0.15) is 5.10 Å². The van der Waals surface area contributed by atoms with Crippen LogP contribution < -0.4 is 0 Å². The maximum atomic E-state index is 13.4. The molecule has 1 fully saturated rings. The van der Waals surface area contributed by atoms with Crippen molar-refractivity contribution < 1.29 is 14.3 Å². The summed E-state index contributed by atoms with van der Waals surface area (Å²) in [5, 5.41) is 5.77. The van der Waals surface area contributed by atoms with E-state index in [1.165, 1.54) is 0 Å². The number of thiazole rings is 1. The van der Waals surface area contributed by atoms with Crippen LogP contribution in [-0.2, 0) is 35.5 Å². The number of nitrogens with zero attached hydrogens (tertiary/aromatic N) is 5. The van der Waals surface area contributed by atoms with Crippen LogP contribution in [0.2, 0.25) is 0 Å². The van der Waals surface area contributed by atoms with Crippen LogP contribution in [0, 0.1) is 13.8 Å². The van der Waals surface area contributed by atoms with E-state index in [9.17, 15) is 9.59 Å². The van der Waals surface area contributed by atoms with E-state index in [4.69, 9.17) is 9.84 Å². The highest BCUT2D eigenvalue weighted by Gasteiger charge is 2.32. The molecular formula is C25H29N5O3S. The summed E-state index contributed by atoms with van der Waals surface area (Å²) in [5.41, 5.74) is 4.45. The number of aryl methyl sites for hydroxylation is 2. The van der Waals surface area contributed by atoms with Gasteiger partial charge < -0.3 is 14.5 Å². The topological polar surface area (TPSA) is 80.6 Å². The van der Waals surface area contributed by atoms with E-state index >= 15 is 0 Å². The molecule has 2 amide bonds. The second kappa shape index (κ2) is 9.68. The van der Waals surface area contributed by atoms with Crippen molar-refractivity contribution in [2.45, 2.75) is 39.8 Å². The lowest BCUT2D eigenvalue weighted by atomic mass is 10.0. The Bertz CT molecular complexity index is 1200. The molecule has 3 aromatic rings. The summed E-state index contributed by atoms with van der Waals surface area (Å²) < 4.78 is 7.38. The molecule has 2 aliphatic rings. The Kier molecular flexibility index (Phi) is 6.47. The minimum Gasteiger partial charge on any atom is -0.378 e. The summed E-state index contributed by atoms with van der Waals surface area (Å²) in [5.74, 6) is -0.00688. The number of rotatable bonds is 5. The Morgan fingerprint density at radius 2 is 1.82 bits per heavy atom. The van der Waals surface area contributed by atoms with E-state index < -0.39 is 0 Å². The van der Waals surface area contributed by atoms with Gasteiger partial charge in [0, 0.05) is 48.7 Å². The lowest BCUT2D eigenvalue weighted by molar-refractivity contribution is -0.131. The molecule has 5 rings (SSSR count). The van der Waals surface area contributed by atoms with Gasteiger partial charge in [0.1, 0.15) is 0 Å². The third-order valence-corrected chi connectivity index (χ3v) is 7.55. The molecule has 0 aliphatic carbocycles. The van der Waals surface area contributed by atoms with Crippen LogP contribution in [-0.4, -0.2) is 69.2 Å². The van der Waals surface area contributed by atoms with Gasteiger partial charge in [-0.05, 0) is 19.4 Å². The molecular weight excluding hydrogens is 450 g/mol. The molecule has 8 nitrogen and oxygen atoms in total. The Morgan fingerprint density at radius 3 is 2.53 bits per heavy atom. The van der Waals surface area contributed by atoms with Gasteiger partial charge in [-0.25, -0.2) is 4.98 Å². The Hall–Kier alpha value is -3.04. The van der Waals surface area contributed by atoms with Crippen molar-refractivity contribution >= 4 is 23.2 Å². The van der Waals surface area contributed by atoms with E-state index in [1.807, 2.05) is 46.5 Å². The fourth-order valence-electron chi connectivity index (χ4n) is 4.67. The normalized spacial score (nSPS) is 15.9. The van der Waals surface area contributed by atoms with Crippen molar-refractivity contribution in [1.29, 1.82) is 0 Å². The summed E-state index contributed by atoms with van der Waals surface area (Å²) >= 11 is 1.58. The number of hydrogen-bond donors (Lipinski definition) is 0. The maximum Gasteiger partial charge on any atom is 0.274 e. The van der Waals surface area contributed by atoms with Crippen LogP contribution in [0.4, 0.5) is 0 Å². The van der Waals surface area contributed by atoms with Crippen LogP contribution in [0.25, 0.3) is 0 Å². The minimum atomic E-state index is -0.0745. The Balaban J connectivity index is 1.42. The molecule has 1 aromatic carbocycles. The summed E-state index contributed by atoms with van der Waals surface area (Å²) in [7, 11) is 0. The highest BCUT2D eigenvalue weighted by atomic mass is 32.1. The number of aromatic nitrogens is 3. The van der Waals surface area contributed by atoms with E-state index in [0.29, 0.717) is 64.5 Å². The SMILES string of the molecule is Cc1nc(C)c(CC(=O)N2CCc3c(c(C(=O)N4CCOCC4)nn3Cc3ccccc3)C2)s1. The smallest absolute Gasteiger partial charge is 0.274 e. The second-order valence-electron chi connectivity index (χ2n) is 8.81. The highest BCUT2D eigenvalue weighted by molar-refractivity contribution is 7.11. The predicted molar refractivity (Wildman–Crippen MR) is 129 cm³/mol. The highest BCUT2D eigenvalue weighted by Crippen LogP contribution is 2.26. The molecule has 0 unspecified atom stereocenters. The van der Waals surface area contributed by atoms with Gasteiger partial charge in [0.15, 0.2) is 5.69 Å². The van der Waals surface area contributed by atoms with Crippen LogP contribution in [0.15, 0.2) is 30.3 Å². The molecule has 178 valence electrons. The molecule has 2 aliphatic heterocycles. The quantitative estimate of drug-likeness (QED) is 0.562. The summed E-state index contributed by atoms with van der Waals surface area (Å²) in [6.07, 6.45) is 1.02. The fourth-order valence-corrected chi connectivity index (χ4v) is 5.59. The number of ether oxygens (including phenoxy) is 1. The van der Waals surface area contributed by atoms with E-state index in [-0.39, 0.29) is 11.8 Å². The van der Waals surface area contributed by atoms with Gasteiger partial charge in [-0.15, -0.1) is 11.3 Å². The monoisotopic (exact) mass is 479 g/mol. The lowest BCUT2D eigenvalue weighted by Gasteiger charge is -2.29. The number of fused-ring (bicyclic) bond motifs is 1. The summed E-state index contributed by atoms with van der Waals surface area (Å²) in [6.45, 7) is 7.74. The molecule has 0 radical (unpaired) electrons. The molecule has 1 saturated heterocycles. The number of hydrogen-bond acceptors (Lipinski definition) is 6. The zero-order chi connectivity index (χ0) is 23.7. The minimum absolute atomic E-state index is 0.0676. The first kappa shape index (κ1) is 22.7. The van der Waals surface area contributed by atoms with Crippen molar-refractivity contribution in [2.24, 2.45) is 0 Å². The van der Waals surface area contributed by atoms with E-state index in [0.717, 1.165) is 32.4 Å². The average Bonchev–Trinajstić information content (AvgIpc) is 3.37. The standard InChI is InChI=1S/C25H29N5O3S/c1-17-22(34-18(2)26-17)14-23(31)29-9-8-21-20(16-29)24(25(32)28-10-12-33-13-11-28)27-30(21)15-19-6-4-3-5-7-19/h3-7H,8-16H2,1-2H3. The van der Waals surface area contributed by atoms with Gasteiger partial charge in [0.2, 0.25) is 5.91 Å². The largest absolute Gasteiger partial charge is 0.378 e. The zero-order valence-corrected chi connectivity index (χ0v) is 20.4. The third kappa shape index (κ3) is 4.63. The van der Waals surface area contributed by atoms with Crippen molar-refractivity contribution in [2.75, 3.05) is 32.8 Å². The number of carbonyl (C=O) groups excluding carboxylic acids is 2. The van der Waals surface area contributed by atoms with Gasteiger partial charge >= 0.3 is 0 Å². The number of carbonyl (C=O) groups is 2. The molecule has 0 N–H and O–H groups in total. The van der Waals surface area contributed by atoms with Crippen molar-refractivity contribution in [3.8, 4) is 0 Å². The molecule has 0 saturated carbocycles. The average molecular weight is 480 g/mol. The van der Waals surface area contributed by atoms with Gasteiger partial charge in [-0.3, -0.25) is 14.3 Å². The summed E-state index contributed by atoms with van der Waals surface area (Å²) in [4.78, 5) is 35.8. The van der Waals surface area contributed by atoms with Crippen LogP contribution >= 0.6 is 11.3 Å². The number of morpholine rings is 1. The van der Waals surface area contributed by atoms with E-state index in [2.05, 4.69) is 17.1 Å².